The first kappa shape index (κ1) is 28.4. The van der Waals surface area contributed by atoms with Crippen molar-refractivity contribution in [3.05, 3.63) is 89.5 Å². The van der Waals surface area contributed by atoms with Crippen molar-refractivity contribution in [2.45, 2.75) is 83.4 Å². The summed E-state index contributed by atoms with van der Waals surface area (Å²) in [6.45, 7) is 10.8. The third-order valence-corrected chi connectivity index (χ3v) is 10.9. The molecule has 2 aromatic carbocycles. The van der Waals surface area contributed by atoms with Crippen LogP contribution in [0.4, 0.5) is 0 Å². The summed E-state index contributed by atoms with van der Waals surface area (Å²) in [5.74, 6) is 0. The Morgan fingerprint density at radius 3 is 2.37 bits per heavy atom. The van der Waals surface area contributed by atoms with Crippen LogP contribution in [0.5, 0.6) is 0 Å². The Bertz CT molecular complexity index is 954. The maximum Gasteiger partial charge on any atom is 0.115 e. The number of halogens is 1. The van der Waals surface area contributed by atoms with Crippen molar-refractivity contribution in [1.82, 2.24) is 0 Å². The molecule has 1 saturated heterocycles. The maximum atomic E-state index is 6.02. The number of benzene rings is 2. The standard InChI is InChI=1S/C31H43IO2Si/c1-26(20-21-30-31(2,34-30)25-33-23-27-14-7-5-8-15-27)13-11-16-28(17-12-22-32)24-35(3,4)29-18-9-6-10-19-29/h5-10,13-15,17-19,30H,11-12,16,20-25H2,1-4H3/b26-13+,28-17+/t30-,31+/m1/s1. The lowest BCUT2D eigenvalue weighted by atomic mass is 10.0. The number of allylic oxidation sites excluding steroid dienone is 4. The van der Waals surface area contributed by atoms with E-state index in [4.69, 9.17) is 9.47 Å². The van der Waals surface area contributed by atoms with E-state index in [2.05, 4.69) is 116 Å². The third-order valence-electron chi connectivity index (χ3n) is 7.06. The number of rotatable bonds is 15. The zero-order valence-electron chi connectivity index (χ0n) is 22.1. The molecule has 4 heteroatoms. The molecular formula is C31H43IO2Si. The summed E-state index contributed by atoms with van der Waals surface area (Å²) in [4.78, 5) is 0. The van der Waals surface area contributed by atoms with Gasteiger partial charge in [0.05, 0.1) is 27.4 Å². The average Bonchev–Trinajstić information content (AvgIpc) is 3.51. The predicted molar refractivity (Wildman–Crippen MR) is 162 cm³/mol. The SMILES string of the molecule is C/C(=C\CC/C(=C\CCI)C[Si](C)(C)c1ccccc1)CC[C@H]1O[C@@]1(C)COCc1ccccc1. The van der Waals surface area contributed by atoms with Gasteiger partial charge in [0.2, 0.25) is 0 Å². The Kier molecular flexibility index (Phi) is 11.3. The van der Waals surface area contributed by atoms with E-state index in [-0.39, 0.29) is 5.60 Å². The molecule has 1 heterocycles. The summed E-state index contributed by atoms with van der Waals surface area (Å²) < 4.78 is 13.1. The Morgan fingerprint density at radius 2 is 1.69 bits per heavy atom. The van der Waals surface area contributed by atoms with Crippen molar-refractivity contribution in [3.63, 3.8) is 0 Å². The van der Waals surface area contributed by atoms with Gasteiger partial charge in [0.15, 0.2) is 0 Å². The van der Waals surface area contributed by atoms with Gasteiger partial charge < -0.3 is 9.47 Å². The normalized spacial score (nSPS) is 20.8. The summed E-state index contributed by atoms with van der Waals surface area (Å²) in [5.41, 5.74) is 4.24. The lowest BCUT2D eigenvalue weighted by Gasteiger charge is -2.25. The van der Waals surface area contributed by atoms with Crippen LogP contribution >= 0.6 is 22.6 Å². The monoisotopic (exact) mass is 602 g/mol. The number of ether oxygens (including phenoxy) is 2. The number of hydrogen-bond donors (Lipinski definition) is 0. The molecule has 0 amide bonds. The molecule has 2 atom stereocenters. The maximum absolute atomic E-state index is 6.02. The molecule has 2 nitrogen and oxygen atoms in total. The predicted octanol–water partition coefficient (Wildman–Crippen LogP) is 8.23. The summed E-state index contributed by atoms with van der Waals surface area (Å²) in [7, 11) is -1.46. The Morgan fingerprint density at radius 1 is 1.00 bits per heavy atom. The quantitative estimate of drug-likeness (QED) is 0.0674. The zero-order chi connectivity index (χ0) is 25.2. The lowest BCUT2D eigenvalue weighted by Crippen LogP contribution is -2.41. The van der Waals surface area contributed by atoms with Gasteiger partial charge in [-0.2, -0.15) is 0 Å². The van der Waals surface area contributed by atoms with E-state index in [1.54, 1.807) is 10.8 Å². The highest BCUT2D eigenvalue weighted by Crippen LogP contribution is 2.40. The van der Waals surface area contributed by atoms with E-state index in [0.717, 1.165) is 19.3 Å². The van der Waals surface area contributed by atoms with E-state index >= 15 is 0 Å². The molecule has 0 radical (unpaired) electrons. The molecule has 1 aliphatic heterocycles. The second-order valence-electron chi connectivity index (χ2n) is 10.8. The van der Waals surface area contributed by atoms with Crippen molar-refractivity contribution in [3.8, 4) is 0 Å². The van der Waals surface area contributed by atoms with Crippen LogP contribution in [0.25, 0.3) is 0 Å². The number of alkyl halides is 1. The second-order valence-corrected chi connectivity index (χ2v) is 16.6. The van der Waals surface area contributed by atoms with E-state index in [1.165, 1.54) is 34.4 Å². The van der Waals surface area contributed by atoms with Crippen LogP contribution in [0.3, 0.4) is 0 Å². The fourth-order valence-electron chi connectivity index (χ4n) is 4.77. The minimum atomic E-state index is -1.46. The molecule has 1 aliphatic rings. The Balaban J connectivity index is 1.40. The molecule has 3 rings (SSSR count). The van der Waals surface area contributed by atoms with Crippen LogP contribution in [-0.4, -0.2) is 30.8 Å². The van der Waals surface area contributed by atoms with E-state index in [9.17, 15) is 0 Å². The molecule has 0 N–H and O–H groups in total. The van der Waals surface area contributed by atoms with Gasteiger partial charge in [0, 0.05) is 4.43 Å². The molecule has 35 heavy (non-hydrogen) atoms. The van der Waals surface area contributed by atoms with Crippen LogP contribution in [0.2, 0.25) is 19.1 Å². The minimum Gasteiger partial charge on any atom is -0.374 e. The van der Waals surface area contributed by atoms with Crippen LogP contribution in [0, 0.1) is 0 Å². The fraction of sp³-hybridized carbons (Fsp3) is 0.484. The zero-order valence-corrected chi connectivity index (χ0v) is 25.2. The lowest BCUT2D eigenvalue weighted by molar-refractivity contribution is 0.0742. The second kappa shape index (κ2) is 13.9. The van der Waals surface area contributed by atoms with Crippen LogP contribution < -0.4 is 5.19 Å². The molecule has 0 saturated carbocycles. The Hall–Kier alpha value is -1.21. The van der Waals surface area contributed by atoms with Gasteiger partial charge in [-0.15, -0.1) is 0 Å². The summed E-state index contributed by atoms with van der Waals surface area (Å²) >= 11 is 2.49. The van der Waals surface area contributed by atoms with Gasteiger partial charge in [-0.1, -0.05) is 125 Å². The van der Waals surface area contributed by atoms with Crippen molar-refractivity contribution in [2.24, 2.45) is 0 Å². The number of epoxide rings is 1. The Labute approximate surface area is 228 Å². The molecule has 0 bridgehead atoms. The third kappa shape index (κ3) is 9.64. The minimum absolute atomic E-state index is 0.113. The van der Waals surface area contributed by atoms with E-state index in [1.807, 2.05) is 6.07 Å². The molecule has 1 fully saturated rings. The van der Waals surface area contributed by atoms with Crippen molar-refractivity contribution in [2.75, 3.05) is 11.0 Å². The molecule has 0 aromatic heterocycles. The van der Waals surface area contributed by atoms with Crippen molar-refractivity contribution in [1.29, 1.82) is 0 Å². The summed E-state index contributed by atoms with van der Waals surface area (Å²) in [6, 6.07) is 22.8. The van der Waals surface area contributed by atoms with Crippen LogP contribution in [0.1, 0.15) is 51.5 Å². The van der Waals surface area contributed by atoms with Crippen molar-refractivity contribution < 1.29 is 9.47 Å². The van der Waals surface area contributed by atoms with Gasteiger partial charge in [-0.25, -0.2) is 0 Å². The molecule has 2 aromatic rings. The molecule has 190 valence electrons. The highest BCUT2D eigenvalue weighted by Gasteiger charge is 2.51. The highest BCUT2D eigenvalue weighted by molar-refractivity contribution is 14.1. The first-order valence-electron chi connectivity index (χ1n) is 13.1. The molecule has 0 aliphatic carbocycles. The first-order chi connectivity index (χ1) is 16.8. The largest absolute Gasteiger partial charge is 0.374 e. The highest BCUT2D eigenvalue weighted by atomic mass is 127. The van der Waals surface area contributed by atoms with Gasteiger partial charge in [0.1, 0.15) is 5.60 Å². The molecular weight excluding hydrogens is 559 g/mol. The van der Waals surface area contributed by atoms with Crippen LogP contribution in [0.15, 0.2) is 84.0 Å². The topological polar surface area (TPSA) is 21.8 Å². The van der Waals surface area contributed by atoms with Crippen molar-refractivity contribution >= 4 is 35.9 Å². The van der Waals surface area contributed by atoms with Gasteiger partial charge >= 0.3 is 0 Å². The average molecular weight is 603 g/mol. The molecule has 0 unspecified atom stereocenters. The van der Waals surface area contributed by atoms with Crippen LogP contribution in [-0.2, 0) is 16.1 Å². The smallest absolute Gasteiger partial charge is 0.115 e. The van der Waals surface area contributed by atoms with Gasteiger partial charge in [-0.05, 0) is 57.6 Å². The first-order valence-corrected chi connectivity index (χ1v) is 17.8. The fourth-order valence-corrected chi connectivity index (χ4v) is 7.84. The van der Waals surface area contributed by atoms with Gasteiger partial charge in [-0.3, -0.25) is 0 Å². The van der Waals surface area contributed by atoms with E-state index in [0.29, 0.717) is 19.3 Å². The van der Waals surface area contributed by atoms with Gasteiger partial charge in [0.25, 0.3) is 0 Å². The van der Waals surface area contributed by atoms with E-state index < -0.39 is 8.07 Å². The molecule has 0 spiro atoms. The summed E-state index contributed by atoms with van der Waals surface area (Å²) in [5, 5.41) is 1.56. The summed E-state index contributed by atoms with van der Waals surface area (Å²) in [6.07, 6.45) is 11.0. The number of hydrogen-bond acceptors (Lipinski definition) is 2.